The summed E-state index contributed by atoms with van der Waals surface area (Å²) in [6, 6.07) is 4.91. The Balaban J connectivity index is 2.98. The maximum Gasteiger partial charge on any atom is 0.389 e. The van der Waals surface area contributed by atoms with Crippen LogP contribution in [0.15, 0.2) is 24.3 Å². The summed E-state index contributed by atoms with van der Waals surface area (Å²) in [5.74, 6) is -3.60. The van der Waals surface area contributed by atoms with Crippen LogP contribution in [0.2, 0.25) is 0 Å². The highest BCUT2D eigenvalue weighted by Gasteiger charge is 2.34. The third-order valence-corrected chi connectivity index (χ3v) is 2.24. The Kier molecular flexibility index (Phi) is 4.09. The lowest BCUT2D eigenvalue weighted by Gasteiger charge is -2.17. The van der Waals surface area contributed by atoms with E-state index < -0.39 is 36.7 Å². The van der Waals surface area contributed by atoms with Gasteiger partial charge in [-0.2, -0.15) is 13.2 Å². The molecule has 0 heterocycles. The highest BCUT2D eigenvalue weighted by atomic mass is 19.4. The van der Waals surface area contributed by atoms with Crippen molar-refractivity contribution in [2.24, 2.45) is 0 Å². The Hall–Kier alpha value is -1.59. The summed E-state index contributed by atoms with van der Waals surface area (Å²) in [7, 11) is 0. The second-order valence-electron chi connectivity index (χ2n) is 3.64. The standard InChI is InChI=1S/C11H10F4O2/c12-9-4-2-1-3-8(9)7(5-10(16)17)6-11(13,14)15/h1-4,7H,5-6H2,(H,16,17). The van der Waals surface area contributed by atoms with Crippen molar-refractivity contribution >= 4 is 5.97 Å². The Morgan fingerprint density at radius 2 is 1.88 bits per heavy atom. The molecule has 1 aromatic carbocycles. The fourth-order valence-corrected chi connectivity index (χ4v) is 1.59. The predicted molar refractivity (Wildman–Crippen MR) is 52.1 cm³/mol. The molecule has 94 valence electrons. The molecule has 0 saturated carbocycles. The summed E-state index contributed by atoms with van der Waals surface area (Å²) >= 11 is 0. The molecule has 1 unspecified atom stereocenters. The molecule has 1 rings (SSSR count). The van der Waals surface area contributed by atoms with Gasteiger partial charge in [0.1, 0.15) is 5.82 Å². The van der Waals surface area contributed by atoms with Crippen LogP contribution in [0.5, 0.6) is 0 Å². The molecule has 1 aromatic rings. The van der Waals surface area contributed by atoms with Crippen molar-refractivity contribution in [3.05, 3.63) is 35.6 Å². The monoisotopic (exact) mass is 250 g/mol. The van der Waals surface area contributed by atoms with E-state index in [1.54, 1.807) is 0 Å². The van der Waals surface area contributed by atoms with E-state index in [-0.39, 0.29) is 5.56 Å². The van der Waals surface area contributed by atoms with Gasteiger partial charge in [-0.15, -0.1) is 0 Å². The van der Waals surface area contributed by atoms with Crippen LogP contribution in [0.4, 0.5) is 17.6 Å². The first kappa shape index (κ1) is 13.5. The van der Waals surface area contributed by atoms with Crippen LogP contribution < -0.4 is 0 Å². The van der Waals surface area contributed by atoms with Crippen molar-refractivity contribution in [2.45, 2.75) is 24.9 Å². The van der Waals surface area contributed by atoms with Gasteiger partial charge in [-0.1, -0.05) is 18.2 Å². The van der Waals surface area contributed by atoms with Crippen LogP contribution in [-0.4, -0.2) is 17.3 Å². The topological polar surface area (TPSA) is 37.3 Å². The van der Waals surface area contributed by atoms with Gasteiger partial charge in [0.2, 0.25) is 0 Å². The molecule has 0 amide bonds. The van der Waals surface area contributed by atoms with E-state index in [2.05, 4.69) is 0 Å². The van der Waals surface area contributed by atoms with E-state index in [0.29, 0.717) is 0 Å². The lowest BCUT2D eigenvalue weighted by Crippen LogP contribution is -2.17. The molecule has 6 heteroatoms. The van der Waals surface area contributed by atoms with Crippen LogP contribution in [0.1, 0.15) is 24.3 Å². The van der Waals surface area contributed by atoms with Crippen molar-refractivity contribution in [1.29, 1.82) is 0 Å². The Morgan fingerprint density at radius 3 is 2.35 bits per heavy atom. The molecule has 0 aliphatic carbocycles. The molecule has 0 radical (unpaired) electrons. The minimum atomic E-state index is -4.53. The van der Waals surface area contributed by atoms with Gasteiger partial charge >= 0.3 is 12.1 Å². The minimum Gasteiger partial charge on any atom is -0.481 e. The predicted octanol–water partition coefficient (Wildman–Crippen LogP) is 3.34. The smallest absolute Gasteiger partial charge is 0.389 e. The first-order chi connectivity index (χ1) is 7.79. The molecule has 0 bridgehead atoms. The summed E-state index contributed by atoms with van der Waals surface area (Å²) in [5, 5.41) is 8.54. The van der Waals surface area contributed by atoms with Gasteiger partial charge in [-0.3, -0.25) is 4.79 Å². The van der Waals surface area contributed by atoms with Gasteiger partial charge in [-0.25, -0.2) is 4.39 Å². The second-order valence-corrected chi connectivity index (χ2v) is 3.64. The maximum atomic E-state index is 13.3. The van der Waals surface area contributed by atoms with Crippen LogP contribution in [0.3, 0.4) is 0 Å². The molecular formula is C11H10F4O2. The number of hydrogen-bond donors (Lipinski definition) is 1. The first-order valence-electron chi connectivity index (χ1n) is 4.82. The van der Waals surface area contributed by atoms with E-state index in [1.807, 2.05) is 0 Å². The van der Waals surface area contributed by atoms with Crippen LogP contribution in [0.25, 0.3) is 0 Å². The third kappa shape index (κ3) is 4.42. The SMILES string of the molecule is O=C(O)CC(CC(F)(F)F)c1ccccc1F. The molecule has 0 spiro atoms. The molecule has 1 N–H and O–H groups in total. The minimum absolute atomic E-state index is 0.216. The normalized spacial score (nSPS) is 13.4. The highest BCUT2D eigenvalue weighted by Crippen LogP contribution is 2.34. The third-order valence-electron chi connectivity index (χ3n) is 2.24. The van der Waals surface area contributed by atoms with Crippen molar-refractivity contribution < 1.29 is 27.5 Å². The number of aliphatic carboxylic acids is 1. The molecule has 0 saturated heterocycles. The zero-order chi connectivity index (χ0) is 13.1. The number of halogens is 4. The lowest BCUT2D eigenvalue weighted by atomic mass is 9.92. The molecule has 17 heavy (non-hydrogen) atoms. The van der Waals surface area contributed by atoms with Crippen molar-refractivity contribution in [2.75, 3.05) is 0 Å². The van der Waals surface area contributed by atoms with Crippen molar-refractivity contribution in [3.63, 3.8) is 0 Å². The molecule has 0 aliphatic rings. The summed E-state index contributed by atoms with van der Waals surface area (Å²) in [5.41, 5.74) is -0.216. The van der Waals surface area contributed by atoms with E-state index in [9.17, 15) is 22.4 Å². The van der Waals surface area contributed by atoms with Crippen molar-refractivity contribution in [1.82, 2.24) is 0 Å². The number of benzene rings is 1. The largest absolute Gasteiger partial charge is 0.481 e. The number of alkyl halides is 3. The Morgan fingerprint density at radius 1 is 1.29 bits per heavy atom. The van der Waals surface area contributed by atoms with Gasteiger partial charge in [0, 0.05) is 5.92 Å². The fraction of sp³-hybridized carbons (Fsp3) is 0.364. The fourth-order valence-electron chi connectivity index (χ4n) is 1.59. The molecule has 2 nitrogen and oxygen atoms in total. The van der Waals surface area contributed by atoms with Crippen LogP contribution in [0, 0.1) is 5.82 Å². The number of carboxylic acids is 1. The zero-order valence-electron chi connectivity index (χ0n) is 8.67. The molecular weight excluding hydrogens is 240 g/mol. The number of rotatable bonds is 4. The first-order valence-corrected chi connectivity index (χ1v) is 4.82. The number of carboxylic acid groups (broad SMARTS) is 1. The van der Waals surface area contributed by atoms with Gasteiger partial charge < -0.3 is 5.11 Å². The summed E-state index contributed by atoms with van der Waals surface area (Å²) in [6.45, 7) is 0. The number of hydrogen-bond acceptors (Lipinski definition) is 1. The summed E-state index contributed by atoms with van der Waals surface area (Å²) < 4.78 is 50.1. The highest BCUT2D eigenvalue weighted by molar-refractivity contribution is 5.68. The van der Waals surface area contributed by atoms with Gasteiger partial charge in [0.25, 0.3) is 0 Å². The lowest BCUT2D eigenvalue weighted by molar-refractivity contribution is -0.145. The number of carbonyl (C=O) groups is 1. The Bertz CT molecular complexity index is 401. The molecule has 0 aliphatic heterocycles. The molecule has 0 aromatic heterocycles. The second kappa shape index (κ2) is 5.16. The van der Waals surface area contributed by atoms with Gasteiger partial charge in [0.05, 0.1) is 12.8 Å². The quantitative estimate of drug-likeness (QED) is 0.832. The molecule has 1 atom stereocenters. The van der Waals surface area contributed by atoms with Gasteiger partial charge in [0.15, 0.2) is 0 Å². The van der Waals surface area contributed by atoms with Gasteiger partial charge in [-0.05, 0) is 11.6 Å². The van der Waals surface area contributed by atoms with E-state index in [4.69, 9.17) is 5.11 Å². The van der Waals surface area contributed by atoms with Crippen molar-refractivity contribution in [3.8, 4) is 0 Å². The summed E-state index contributed by atoms with van der Waals surface area (Å²) in [4.78, 5) is 10.5. The Labute approximate surface area is 94.9 Å². The zero-order valence-corrected chi connectivity index (χ0v) is 8.67. The van der Waals surface area contributed by atoms with E-state index in [0.717, 1.165) is 6.07 Å². The van der Waals surface area contributed by atoms with Crippen LogP contribution in [-0.2, 0) is 4.79 Å². The van der Waals surface area contributed by atoms with E-state index in [1.165, 1.54) is 18.2 Å². The molecule has 0 fully saturated rings. The average Bonchev–Trinajstić information content (AvgIpc) is 2.14. The van der Waals surface area contributed by atoms with E-state index >= 15 is 0 Å². The van der Waals surface area contributed by atoms with Crippen LogP contribution >= 0.6 is 0 Å². The summed E-state index contributed by atoms with van der Waals surface area (Å²) in [6.07, 6.45) is -6.62. The average molecular weight is 250 g/mol. The maximum absolute atomic E-state index is 13.3.